The van der Waals surface area contributed by atoms with Crippen molar-refractivity contribution in [3.63, 3.8) is 0 Å². The molecule has 6 nitrogen and oxygen atoms in total. The zero-order valence-electron chi connectivity index (χ0n) is 6.30. The average molecular weight is 230 g/mol. The van der Waals surface area contributed by atoms with E-state index in [1.165, 1.54) is 0 Å². The first-order valence-electron chi connectivity index (χ1n) is 0.707. The molecule has 0 aromatic carbocycles. The quantitative estimate of drug-likeness (QED) is 0.378. The van der Waals surface area contributed by atoms with Gasteiger partial charge in [0.1, 0.15) is 0 Å². The summed E-state index contributed by atoms with van der Waals surface area (Å²) in [4.78, 5) is 0. The van der Waals surface area contributed by atoms with E-state index in [4.69, 9.17) is 15.1 Å². The molecular weight excluding hydrogens is 224 g/mol. The molecule has 0 aromatic rings. The van der Waals surface area contributed by atoms with E-state index in [1.807, 2.05) is 0 Å². The molecule has 0 unspecified atom stereocenters. The van der Waals surface area contributed by atoms with Crippen LogP contribution in [0.2, 0.25) is 0 Å². The summed E-state index contributed by atoms with van der Waals surface area (Å²) in [7, 11) is -2.92. The van der Waals surface area contributed by atoms with E-state index in [-0.39, 0.29) is 171 Å². The molecule has 0 aliphatic heterocycles. The monoisotopic (exact) mass is 230 g/mol. The second-order valence-corrected chi connectivity index (χ2v) is 0.289. The molecule has 0 aliphatic rings. The van der Waals surface area contributed by atoms with E-state index >= 15 is 0 Å². The molecule has 0 amide bonds. The largest absolute Gasteiger partial charge is 1.00 e. The summed E-state index contributed by atoms with van der Waals surface area (Å²) >= 11 is 0. The third kappa shape index (κ3) is 78.2. The molecule has 0 bridgehead atoms. The Kier molecular flexibility index (Phi) is 173. The van der Waals surface area contributed by atoms with Crippen molar-refractivity contribution in [2.45, 2.75) is 0 Å². The minimum Gasteiger partial charge on any atom is -0.907 e. The van der Waals surface area contributed by atoms with Gasteiger partial charge in [-0.15, -0.1) is 0 Å². The van der Waals surface area contributed by atoms with E-state index in [0.29, 0.717) is 0 Å². The fourth-order valence-electron chi connectivity index (χ4n) is 0. The van der Waals surface area contributed by atoms with Gasteiger partial charge in [0.15, 0.2) is 0 Å². The molecule has 0 saturated heterocycles. The van der Waals surface area contributed by atoms with Crippen molar-refractivity contribution in [2.75, 3.05) is 0 Å². The van der Waals surface area contributed by atoms with E-state index < -0.39 is 7.32 Å². The normalized spacial score (nSPS) is 2.70. The molecule has 0 rings (SSSR count). The van der Waals surface area contributed by atoms with E-state index in [0.717, 1.165) is 0 Å². The SMILES string of the molecule is O.O.O.[K+].[K+].[K+].[O-]B([O-])[O-]. The molecule has 48 valence electrons. The summed E-state index contributed by atoms with van der Waals surface area (Å²) in [5.74, 6) is 0. The Morgan fingerprint density at radius 1 is 0.600 bits per heavy atom. The van der Waals surface area contributed by atoms with E-state index in [1.54, 1.807) is 0 Å². The first-order valence-corrected chi connectivity index (χ1v) is 0.707. The molecule has 0 saturated carbocycles. The molecule has 0 heterocycles. The smallest absolute Gasteiger partial charge is 0.907 e. The number of hydrogen-bond acceptors (Lipinski definition) is 3. The van der Waals surface area contributed by atoms with Gasteiger partial charge in [0, 0.05) is 0 Å². The van der Waals surface area contributed by atoms with Crippen molar-refractivity contribution in [3.8, 4) is 0 Å². The maximum atomic E-state index is 8.42. The molecule has 0 atom stereocenters. The van der Waals surface area contributed by atoms with Gasteiger partial charge in [-0.25, -0.2) is 0 Å². The Morgan fingerprint density at radius 3 is 0.600 bits per heavy atom. The minimum atomic E-state index is -2.92. The zero-order chi connectivity index (χ0) is 3.58. The second-order valence-electron chi connectivity index (χ2n) is 0.289. The van der Waals surface area contributed by atoms with Crippen LogP contribution in [0, 0.1) is 0 Å². The topological polar surface area (TPSA) is 164 Å². The summed E-state index contributed by atoms with van der Waals surface area (Å²) in [6.07, 6.45) is 0. The minimum absolute atomic E-state index is 0. The van der Waals surface area contributed by atoms with Crippen LogP contribution in [0.15, 0.2) is 0 Å². The van der Waals surface area contributed by atoms with Gasteiger partial charge in [0.25, 0.3) is 0 Å². The van der Waals surface area contributed by atoms with Gasteiger partial charge in [-0.2, -0.15) is 0 Å². The maximum absolute atomic E-state index is 8.42. The summed E-state index contributed by atoms with van der Waals surface area (Å²) in [6, 6.07) is 0. The van der Waals surface area contributed by atoms with Gasteiger partial charge in [-0.05, 0) is 0 Å². The summed E-state index contributed by atoms with van der Waals surface area (Å²) < 4.78 is 0. The number of rotatable bonds is 0. The van der Waals surface area contributed by atoms with Crippen LogP contribution in [0.1, 0.15) is 0 Å². The van der Waals surface area contributed by atoms with Crippen LogP contribution in [-0.4, -0.2) is 23.7 Å². The summed E-state index contributed by atoms with van der Waals surface area (Å²) in [5.41, 5.74) is 0. The van der Waals surface area contributed by atoms with Crippen molar-refractivity contribution in [3.05, 3.63) is 0 Å². The Bertz CT molecular complexity index is 17.7. The van der Waals surface area contributed by atoms with Crippen LogP contribution < -0.4 is 169 Å². The molecular formula is H6BK3O6. The third-order valence-electron chi connectivity index (χ3n) is 0. The second kappa shape index (κ2) is 37.2. The zero-order valence-corrected chi connectivity index (χ0v) is 15.7. The fraction of sp³-hybridized carbons (Fsp3) is 0. The molecule has 10 heavy (non-hydrogen) atoms. The first-order chi connectivity index (χ1) is 1.73. The van der Waals surface area contributed by atoms with Crippen LogP contribution in [-0.2, 0) is 0 Å². The molecule has 10 heteroatoms. The van der Waals surface area contributed by atoms with Crippen molar-refractivity contribution in [1.82, 2.24) is 0 Å². The summed E-state index contributed by atoms with van der Waals surface area (Å²) in [6.45, 7) is 0. The van der Waals surface area contributed by atoms with Crippen LogP contribution in [0.25, 0.3) is 0 Å². The molecule has 6 N–H and O–H groups in total. The maximum Gasteiger partial charge on any atom is 1.00 e. The van der Waals surface area contributed by atoms with Crippen LogP contribution in [0.4, 0.5) is 0 Å². The average Bonchev–Trinajstić information content (AvgIpc) is 0.811. The van der Waals surface area contributed by atoms with Crippen molar-refractivity contribution < 1.29 is 186 Å². The Morgan fingerprint density at radius 2 is 0.600 bits per heavy atom. The van der Waals surface area contributed by atoms with Crippen molar-refractivity contribution in [1.29, 1.82) is 0 Å². The molecule has 0 aromatic heterocycles. The Balaban J connectivity index is -0.00000000300. The van der Waals surface area contributed by atoms with Gasteiger partial charge in [0.2, 0.25) is 0 Å². The Hall–Kier alpha value is 4.73. The van der Waals surface area contributed by atoms with Crippen LogP contribution in [0.3, 0.4) is 0 Å². The van der Waals surface area contributed by atoms with Crippen molar-refractivity contribution >= 4 is 7.32 Å². The van der Waals surface area contributed by atoms with Gasteiger partial charge >= 0.3 is 154 Å². The van der Waals surface area contributed by atoms with Crippen LogP contribution >= 0.6 is 0 Å². The third-order valence-corrected chi connectivity index (χ3v) is 0. The van der Waals surface area contributed by atoms with Gasteiger partial charge in [-0.3, -0.25) is 7.32 Å². The predicted octanol–water partition coefficient (Wildman–Crippen LogP) is -15.4. The molecule has 0 radical (unpaired) electrons. The van der Waals surface area contributed by atoms with E-state index in [2.05, 4.69) is 0 Å². The van der Waals surface area contributed by atoms with Gasteiger partial charge in [0.05, 0.1) is 0 Å². The molecule has 0 spiro atoms. The van der Waals surface area contributed by atoms with Gasteiger partial charge < -0.3 is 31.5 Å². The van der Waals surface area contributed by atoms with E-state index in [9.17, 15) is 0 Å². The molecule has 0 aliphatic carbocycles. The van der Waals surface area contributed by atoms with Gasteiger partial charge in [-0.1, -0.05) is 0 Å². The predicted molar refractivity (Wildman–Crippen MR) is 16.6 cm³/mol. The summed E-state index contributed by atoms with van der Waals surface area (Å²) in [5, 5.41) is 25.2. The van der Waals surface area contributed by atoms with Crippen LogP contribution in [0.5, 0.6) is 0 Å². The number of hydrogen-bond donors (Lipinski definition) is 0. The standard InChI is InChI=1S/BO3.3K.3H2O/c2-1(3)4;;;;;;/h;;;;3*1H2/q-3;3*+1;;;. The molecule has 0 fully saturated rings. The fourth-order valence-corrected chi connectivity index (χ4v) is 0. The van der Waals surface area contributed by atoms with Crippen molar-refractivity contribution in [2.24, 2.45) is 0 Å². The Labute approximate surface area is 187 Å². The first kappa shape index (κ1) is 46.5.